The minimum absolute atomic E-state index is 0.139. The summed E-state index contributed by atoms with van der Waals surface area (Å²) in [7, 11) is 0. The highest BCUT2D eigenvalue weighted by Crippen LogP contribution is 2.27. The Bertz CT molecular complexity index is 865. The molecule has 3 rings (SSSR count). The molecule has 0 saturated heterocycles. The summed E-state index contributed by atoms with van der Waals surface area (Å²) in [6.07, 6.45) is 6.46. The van der Waals surface area contributed by atoms with E-state index < -0.39 is 11.6 Å². The second kappa shape index (κ2) is 6.08. The van der Waals surface area contributed by atoms with Crippen molar-refractivity contribution in [1.82, 2.24) is 15.0 Å². The van der Waals surface area contributed by atoms with Gasteiger partial charge < -0.3 is 5.73 Å². The van der Waals surface area contributed by atoms with Crippen molar-refractivity contribution in [3.05, 3.63) is 71.3 Å². The first-order chi connectivity index (χ1) is 11.1. The van der Waals surface area contributed by atoms with Crippen LogP contribution >= 0.6 is 0 Å². The molecule has 0 aromatic carbocycles. The normalized spacial score (nSPS) is 10.7. The molecule has 0 spiro atoms. The van der Waals surface area contributed by atoms with E-state index in [0.717, 1.165) is 11.1 Å². The molecule has 3 heterocycles. The van der Waals surface area contributed by atoms with E-state index in [1.165, 1.54) is 24.5 Å². The summed E-state index contributed by atoms with van der Waals surface area (Å²) in [6.45, 7) is 1.84. The Morgan fingerprint density at radius 3 is 2.65 bits per heavy atom. The quantitative estimate of drug-likeness (QED) is 0.806. The summed E-state index contributed by atoms with van der Waals surface area (Å²) in [5.41, 5.74) is 8.30. The van der Waals surface area contributed by atoms with Gasteiger partial charge in [0.05, 0.1) is 0 Å². The van der Waals surface area contributed by atoms with Gasteiger partial charge in [-0.2, -0.15) is 0 Å². The molecular formula is C17H14F2N4. The van der Waals surface area contributed by atoms with Crippen LogP contribution in [0.3, 0.4) is 0 Å². The molecule has 0 aliphatic heterocycles. The summed E-state index contributed by atoms with van der Waals surface area (Å²) >= 11 is 0. The Morgan fingerprint density at radius 1 is 1.04 bits per heavy atom. The monoisotopic (exact) mass is 312 g/mol. The minimum Gasteiger partial charge on any atom is -0.381 e. The zero-order chi connectivity index (χ0) is 16.4. The lowest BCUT2D eigenvalue weighted by Gasteiger charge is -2.11. The highest BCUT2D eigenvalue weighted by Gasteiger charge is 2.14. The molecule has 116 valence electrons. The van der Waals surface area contributed by atoms with Gasteiger partial charge in [-0.15, -0.1) is 0 Å². The second-order valence-corrected chi connectivity index (χ2v) is 5.15. The van der Waals surface area contributed by atoms with Crippen molar-refractivity contribution in [2.75, 3.05) is 5.73 Å². The van der Waals surface area contributed by atoms with Crippen LogP contribution in [0.2, 0.25) is 0 Å². The molecule has 0 unspecified atom stereocenters. The van der Waals surface area contributed by atoms with E-state index in [1.54, 1.807) is 18.5 Å². The second-order valence-electron chi connectivity index (χ2n) is 5.15. The van der Waals surface area contributed by atoms with Crippen molar-refractivity contribution in [3.63, 3.8) is 0 Å². The Balaban J connectivity index is 2.04. The topological polar surface area (TPSA) is 64.7 Å². The van der Waals surface area contributed by atoms with Gasteiger partial charge in [-0.25, -0.2) is 13.8 Å². The number of nitrogen functional groups attached to an aromatic ring is 1. The Labute approximate surface area is 132 Å². The van der Waals surface area contributed by atoms with E-state index in [1.807, 2.05) is 6.92 Å². The van der Waals surface area contributed by atoms with Crippen LogP contribution in [0, 0.1) is 18.6 Å². The molecule has 3 aromatic heterocycles. The average Bonchev–Trinajstić information content (AvgIpc) is 2.54. The van der Waals surface area contributed by atoms with Crippen LogP contribution in [0.5, 0.6) is 0 Å². The summed E-state index contributed by atoms with van der Waals surface area (Å²) in [6, 6.07) is 4.44. The van der Waals surface area contributed by atoms with Gasteiger partial charge in [0.25, 0.3) is 0 Å². The van der Waals surface area contributed by atoms with E-state index in [4.69, 9.17) is 5.73 Å². The van der Waals surface area contributed by atoms with Crippen LogP contribution in [0.1, 0.15) is 16.7 Å². The zero-order valence-electron chi connectivity index (χ0n) is 12.4. The van der Waals surface area contributed by atoms with E-state index in [2.05, 4.69) is 15.0 Å². The van der Waals surface area contributed by atoms with Crippen LogP contribution in [-0.2, 0) is 6.42 Å². The van der Waals surface area contributed by atoms with Gasteiger partial charge in [0, 0.05) is 36.8 Å². The fraction of sp³-hybridized carbons (Fsp3) is 0.118. The highest BCUT2D eigenvalue weighted by molar-refractivity contribution is 5.64. The molecule has 0 atom stereocenters. The van der Waals surface area contributed by atoms with E-state index in [0.29, 0.717) is 17.5 Å². The van der Waals surface area contributed by atoms with Crippen molar-refractivity contribution in [3.8, 4) is 11.3 Å². The average molecular weight is 312 g/mol. The first kappa shape index (κ1) is 15.0. The molecule has 0 saturated carbocycles. The highest BCUT2D eigenvalue weighted by atomic mass is 19.1. The maximum Gasteiger partial charge on any atom is 0.168 e. The largest absolute Gasteiger partial charge is 0.381 e. The SMILES string of the molecule is Cc1c(Cc2ccnc(N)c2F)cncc1-c1ncccc1F. The molecule has 23 heavy (non-hydrogen) atoms. The first-order valence-electron chi connectivity index (χ1n) is 7.01. The lowest BCUT2D eigenvalue weighted by Crippen LogP contribution is -2.03. The van der Waals surface area contributed by atoms with Crippen molar-refractivity contribution in [2.24, 2.45) is 0 Å². The number of rotatable bonds is 3. The molecule has 0 aliphatic rings. The molecule has 0 fully saturated rings. The third-order valence-corrected chi connectivity index (χ3v) is 3.71. The van der Waals surface area contributed by atoms with Crippen LogP contribution < -0.4 is 5.73 Å². The van der Waals surface area contributed by atoms with Crippen LogP contribution in [0.15, 0.2) is 43.0 Å². The zero-order valence-corrected chi connectivity index (χ0v) is 12.4. The smallest absolute Gasteiger partial charge is 0.168 e. The van der Waals surface area contributed by atoms with E-state index >= 15 is 0 Å². The summed E-state index contributed by atoms with van der Waals surface area (Å²) in [5, 5.41) is 0. The molecule has 2 N–H and O–H groups in total. The van der Waals surface area contributed by atoms with Crippen LogP contribution in [0.4, 0.5) is 14.6 Å². The minimum atomic E-state index is -0.540. The summed E-state index contributed by atoms with van der Waals surface area (Å²) < 4.78 is 28.0. The number of nitrogens with zero attached hydrogens (tertiary/aromatic N) is 3. The number of hydrogen-bond donors (Lipinski definition) is 1. The molecular weight excluding hydrogens is 298 g/mol. The fourth-order valence-corrected chi connectivity index (χ4v) is 2.41. The maximum atomic E-state index is 14.0. The van der Waals surface area contributed by atoms with Crippen LogP contribution in [-0.4, -0.2) is 15.0 Å². The van der Waals surface area contributed by atoms with Gasteiger partial charge in [-0.05, 0) is 41.8 Å². The van der Waals surface area contributed by atoms with Crippen molar-refractivity contribution in [2.45, 2.75) is 13.3 Å². The lowest BCUT2D eigenvalue weighted by atomic mass is 9.98. The molecule has 0 amide bonds. The van der Waals surface area contributed by atoms with Gasteiger partial charge in [0.2, 0.25) is 0 Å². The van der Waals surface area contributed by atoms with E-state index in [9.17, 15) is 8.78 Å². The number of halogens is 2. The van der Waals surface area contributed by atoms with Crippen molar-refractivity contribution in [1.29, 1.82) is 0 Å². The molecule has 6 heteroatoms. The van der Waals surface area contributed by atoms with Gasteiger partial charge in [0.1, 0.15) is 11.5 Å². The molecule has 3 aromatic rings. The number of nitrogens with two attached hydrogens (primary N) is 1. The number of aromatic nitrogens is 3. The third kappa shape index (κ3) is 2.88. The van der Waals surface area contributed by atoms with Crippen LogP contribution in [0.25, 0.3) is 11.3 Å². The van der Waals surface area contributed by atoms with Gasteiger partial charge in [-0.1, -0.05) is 0 Å². The lowest BCUT2D eigenvalue weighted by molar-refractivity contribution is 0.613. The third-order valence-electron chi connectivity index (χ3n) is 3.71. The summed E-state index contributed by atoms with van der Waals surface area (Å²) in [5.74, 6) is -1.10. The Hall–Kier alpha value is -2.89. The summed E-state index contributed by atoms with van der Waals surface area (Å²) in [4.78, 5) is 11.9. The van der Waals surface area contributed by atoms with Crippen molar-refractivity contribution >= 4 is 5.82 Å². The van der Waals surface area contributed by atoms with Gasteiger partial charge >= 0.3 is 0 Å². The Morgan fingerprint density at radius 2 is 1.87 bits per heavy atom. The number of pyridine rings is 3. The maximum absolute atomic E-state index is 14.0. The van der Waals surface area contributed by atoms with Crippen molar-refractivity contribution < 1.29 is 8.78 Å². The first-order valence-corrected chi connectivity index (χ1v) is 7.01. The van der Waals surface area contributed by atoms with Gasteiger partial charge in [-0.3, -0.25) is 9.97 Å². The standard InChI is InChI=1S/C17H14F2N4/c1-10-12(7-11-4-6-23-17(20)15(11)19)8-21-9-13(10)16-14(18)3-2-5-22-16/h2-6,8-9H,7H2,1H3,(H2,20,23). The number of hydrogen-bond acceptors (Lipinski definition) is 4. The predicted molar refractivity (Wildman–Crippen MR) is 83.6 cm³/mol. The fourth-order valence-electron chi connectivity index (χ4n) is 2.41. The molecule has 0 aliphatic carbocycles. The molecule has 0 radical (unpaired) electrons. The molecule has 0 bridgehead atoms. The van der Waals surface area contributed by atoms with E-state index in [-0.39, 0.29) is 11.5 Å². The Kier molecular flexibility index (Phi) is 3.97. The predicted octanol–water partition coefficient (Wildman–Crippen LogP) is 3.30. The molecule has 4 nitrogen and oxygen atoms in total. The number of anilines is 1. The van der Waals surface area contributed by atoms with Gasteiger partial charge in [0.15, 0.2) is 11.6 Å².